The molecule has 0 radical (unpaired) electrons. The number of halogens is 1. The summed E-state index contributed by atoms with van der Waals surface area (Å²) in [5, 5.41) is 7.65. The van der Waals surface area contributed by atoms with Crippen LogP contribution in [0.15, 0.2) is 23.1 Å². The van der Waals surface area contributed by atoms with E-state index < -0.39 is 0 Å². The van der Waals surface area contributed by atoms with Crippen molar-refractivity contribution in [1.29, 1.82) is 0 Å². The Morgan fingerprint density at radius 3 is 2.95 bits per heavy atom. The van der Waals surface area contributed by atoms with Gasteiger partial charge in [-0.2, -0.15) is 5.10 Å². The zero-order chi connectivity index (χ0) is 14.1. The summed E-state index contributed by atoms with van der Waals surface area (Å²) in [7, 11) is 0. The third-order valence-corrected chi connectivity index (χ3v) is 4.65. The number of rotatable bonds is 5. The second-order valence-electron chi connectivity index (χ2n) is 5.16. The fraction of sp³-hybridized carbons (Fsp3) is 0.429. The van der Waals surface area contributed by atoms with Gasteiger partial charge in [-0.05, 0) is 37.8 Å². The highest BCUT2D eigenvalue weighted by Gasteiger charge is 2.23. The Kier molecular flexibility index (Phi) is 3.81. The van der Waals surface area contributed by atoms with Crippen LogP contribution in [0.5, 0.6) is 0 Å². The maximum atomic E-state index is 12.3. The topological polar surface area (TPSA) is 46.9 Å². The normalized spacial score (nSPS) is 14.5. The summed E-state index contributed by atoms with van der Waals surface area (Å²) in [4.78, 5) is 14.8. The Hall–Kier alpha value is -1.33. The Morgan fingerprint density at radius 1 is 1.50 bits per heavy atom. The molecule has 2 aromatic rings. The summed E-state index contributed by atoms with van der Waals surface area (Å²) in [6, 6.07) is 4.13. The maximum Gasteiger partial charge on any atom is 0.291 e. The molecular weight excluding hydrogens is 294 g/mol. The molecule has 0 bridgehead atoms. The van der Waals surface area contributed by atoms with E-state index in [0.29, 0.717) is 29.7 Å². The molecule has 6 heteroatoms. The first-order valence-electron chi connectivity index (χ1n) is 6.68. The molecule has 0 aromatic carbocycles. The highest BCUT2D eigenvalue weighted by atomic mass is 35.5. The van der Waals surface area contributed by atoms with Crippen molar-refractivity contribution >= 4 is 28.6 Å². The minimum atomic E-state index is -0.127. The standard InChI is InChI=1S/C14H16ClN3OS/c1-9-2-5-11(20-9)6-16-13-12(15)7-17-18(14(13)19)8-10-3-4-10/h2,5,7,10,16H,3-4,6,8H2,1H3. The van der Waals surface area contributed by atoms with Crippen LogP contribution in [-0.4, -0.2) is 9.78 Å². The van der Waals surface area contributed by atoms with E-state index in [1.807, 2.05) is 0 Å². The second-order valence-corrected chi connectivity index (χ2v) is 6.94. The number of anilines is 1. The maximum absolute atomic E-state index is 12.3. The lowest BCUT2D eigenvalue weighted by Crippen LogP contribution is -2.26. The summed E-state index contributed by atoms with van der Waals surface area (Å²) in [6.07, 6.45) is 3.93. The SMILES string of the molecule is Cc1ccc(CNc2c(Cl)cnn(CC3CC3)c2=O)s1. The number of nitrogens with zero attached hydrogens (tertiary/aromatic N) is 2. The van der Waals surface area contributed by atoms with Crippen molar-refractivity contribution in [3.63, 3.8) is 0 Å². The van der Waals surface area contributed by atoms with Gasteiger partial charge in [0.05, 0.1) is 11.2 Å². The number of aryl methyl sites for hydroxylation is 1. The largest absolute Gasteiger partial charge is 0.374 e. The number of thiophene rings is 1. The predicted molar refractivity (Wildman–Crippen MR) is 82.6 cm³/mol. The van der Waals surface area contributed by atoms with E-state index in [1.54, 1.807) is 17.5 Å². The molecule has 0 aliphatic heterocycles. The van der Waals surface area contributed by atoms with Crippen molar-refractivity contribution in [2.45, 2.75) is 32.9 Å². The monoisotopic (exact) mass is 309 g/mol. The fourth-order valence-electron chi connectivity index (χ4n) is 2.06. The third-order valence-electron chi connectivity index (χ3n) is 3.36. The predicted octanol–water partition coefficient (Wildman–Crippen LogP) is 3.29. The van der Waals surface area contributed by atoms with Gasteiger partial charge in [-0.1, -0.05) is 11.6 Å². The summed E-state index contributed by atoms with van der Waals surface area (Å²) in [6.45, 7) is 3.37. The molecular formula is C14H16ClN3OS. The van der Waals surface area contributed by atoms with Gasteiger partial charge >= 0.3 is 0 Å². The number of aromatic nitrogens is 2. The Balaban J connectivity index is 1.78. The van der Waals surface area contributed by atoms with Gasteiger partial charge in [0.1, 0.15) is 5.69 Å². The molecule has 0 unspecified atom stereocenters. The van der Waals surface area contributed by atoms with E-state index in [0.717, 1.165) is 0 Å². The van der Waals surface area contributed by atoms with Gasteiger partial charge < -0.3 is 5.32 Å². The molecule has 0 atom stereocenters. The zero-order valence-electron chi connectivity index (χ0n) is 11.2. The molecule has 0 saturated heterocycles. The van der Waals surface area contributed by atoms with E-state index >= 15 is 0 Å². The van der Waals surface area contributed by atoms with Gasteiger partial charge in [0.15, 0.2) is 0 Å². The van der Waals surface area contributed by atoms with Crippen molar-refractivity contribution in [2.75, 3.05) is 5.32 Å². The first kappa shape index (κ1) is 13.6. The van der Waals surface area contributed by atoms with Gasteiger partial charge in [0.25, 0.3) is 5.56 Å². The zero-order valence-corrected chi connectivity index (χ0v) is 12.8. The molecule has 3 rings (SSSR count). The molecule has 1 saturated carbocycles. The fourth-order valence-corrected chi connectivity index (χ4v) is 3.08. The molecule has 20 heavy (non-hydrogen) atoms. The van der Waals surface area contributed by atoms with Crippen LogP contribution in [0.4, 0.5) is 5.69 Å². The van der Waals surface area contributed by atoms with E-state index in [1.165, 1.54) is 27.3 Å². The summed E-state index contributed by atoms with van der Waals surface area (Å²) in [5.74, 6) is 0.606. The van der Waals surface area contributed by atoms with Crippen molar-refractivity contribution in [2.24, 2.45) is 5.92 Å². The smallest absolute Gasteiger partial charge is 0.291 e. The Morgan fingerprint density at radius 2 is 2.30 bits per heavy atom. The van der Waals surface area contributed by atoms with Crippen LogP contribution in [0.3, 0.4) is 0 Å². The van der Waals surface area contributed by atoms with E-state index in [4.69, 9.17) is 11.6 Å². The average molecular weight is 310 g/mol. The lowest BCUT2D eigenvalue weighted by atomic mass is 10.4. The molecule has 1 N–H and O–H groups in total. The highest BCUT2D eigenvalue weighted by Crippen LogP contribution is 2.30. The van der Waals surface area contributed by atoms with Crippen LogP contribution in [0.25, 0.3) is 0 Å². The average Bonchev–Trinajstić information content (AvgIpc) is 3.14. The van der Waals surface area contributed by atoms with E-state index in [-0.39, 0.29) is 5.56 Å². The van der Waals surface area contributed by atoms with Crippen LogP contribution >= 0.6 is 22.9 Å². The molecule has 0 spiro atoms. The lowest BCUT2D eigenvalue weighted by Gasteiger charge is -2.09. The minimum absolute atomic E-state index is 0.127. The molecule has 1 fully saturated rings. The van der Waals surface area contributed by atoms with E-state index in [9.17, 15) is 4.79 Å². The van der Waals surface area contributed by atoms with Crippen LogP contribution in [-0.2, 0) is 13.1 Å². The third kappa shape index (κ3) is 3.04. The molecule has 1 aliphatic carbocycles. The number of hydrogen-bond acceptors (Lipinski definition) is 4. The summed E-state index contributed by atoms with van der Waals surface area (Å²) >= 11 is 7.80. The van der Waals surface area contributed by atoms with Crippen LogP contribution < -0.4 is 10.9 Å². The molecule has 1 aliphatic rings. The highest BCUT2D eigenvalue weighted by molar-refractivity contribution is 7.11. The van der Waals surface area contributed by atoms with Gasteiger partial charge in [-0.3, -0.25) is 4.79 Å². The molecule has 0 amide bonds. The van der Waals surface area contributed by atoms with Crippen molar-refractivity contribution < 1.29 is 0 Å². The van der Waals surface area contributed by atoms with Crippen molar-refractivity contribution in [1.82, 2.24) is 9.78 Å². The van der Waals surface area contributed by atoms with Crippen molar-refractivity contribution in [3.8, 4) is 0 Å². The quantitative estimate of drug-likeness (QED) is 0.922. The molecule has 2 heterocycles. The molecule has 106 valence electrons. The van der Waals surface area contributed by atoms with Crippen LogP contribution in [0.2, 0.25) is 5.02 Å². The van der Waals surface area contributed by atoms with Crippen LogP contribution in [0.1, 0.15) is 22.6 Å². The number of nitrogens with one attached hydrogen (secondary N) is 1. The Labute approximate surface area is 126 Å². The van der Waals surface area contributed by atoms with Gasteiger partial charge in [0, 0.05) is 22.8 Å². The first-order chi connectivity index (χ1) is 9.63. The van der Waals surface area contributed by atoms with Crippen molar-refractivity contribution in [3.05, 3.63) is 43.5 Å². The van der Waals surface area contributed by atoms with Crippen LogP contribution in [0, 0.1) is 12.8 Å². The van der Waals surface area contributed by atoms with E-state index in [2.05, 4.69) is 29.5 Å². The molecule has 2 aromatic heterocycles. The Bertz CT molecular complexity index is 675. The summed E-state index contributed by atoms with van der Waals surface area (Å²) in [5.41, 5.74) is 0.325. The van der Waals surface area contributed by atoms with Gasteiger partial charge in [-0.25, -0.2) is 4.68 Å². The first-order valence-corrected chi connectivity index (χ1v) is 7.88. The molecule has 4 nitrogen and oxygen atoms in total. The summed E-state index contributed by atoms with van der Waals surface area (Å²) < 4.78 is 1.52. The second kappa shape index (κ2) is 5.58. The van der Waals surface area contributed by atoms with Gasteiger partial charge in [0.2, 0.25) is 0 Å². The minimum Gasteiger partial charge on any atom is -0.374 e. The lowest BCUT2D eigenvalue weighted by molar-refractivity contribution is 0.534. The van der Waals surface area contributed by atoms with Gasteiger partial charge in [-0.15, -0.1) is 11.3 Å². The number of hydrogen-bond donors (Lipinski definition) is 1.